The van der Waals surface area contributed by atoms with Crippen LogP contribution in [0, 0.1) is 0 Å². The molecule has 1 aliphatic carbocycles. The van der Waals surface area contributed by atoms with Crippen LogP contribution in [0.1, 0.15) is 43.6 Å². The molecule has 0 aliphatic heterocycles. The summed E-state index contributed by atoms with van der Waals surface area (Å²) in [6.45, 7) is 4.07. The summed E-state index contributed by atoms with van der Waals surface area (Å²) in [4.78, 5) is 33.9. The average molecular weight is 352 g/mol. The number of carbonyl (C=O) groups excluding carboxylic acids is 1. The zero-order chi connectivity index (χ0) is 16.4. The lowest BCUT2D eigenvalue weighted by Crippen LogP contribution is -2.20. The molecular weight excluding hydrogens is 332 g/mol. The topological polar surface area (TPSA) is 72.0 Å². The van der Waals surface area contributed by atoms with E-state index in [1.807, 2.05) is 6.92 Å². The third kappa shape index (κ3) is 3.30. The van der Waals surface area contributed by atoms with Crippen molar-refractivity contribution < 1.29 is 9.53 Å². The molecule has 2 heterocycles. The number of aromatic nitrogens is 2. The molecule has 7 heteroatoms. The molecule has 0 spiro atoms. The first-order valence-corrected chi connectivity index (χ1v) is 9.71. The molecule has 5 nitrogen and oxygen atoms in total. The number of H-pyrrole nitrogens is 1. The molecule has 23 heavy (non-hydrogen) atoms. The fraction of sp³-hybridized carbons (Fsp3) is 0.562. The maximum Gasteiger partial charge on any atom is 0.319 e. The highest BCUT2D eigenvalue weighted by molar-refractivity contribution is 8.00. The van der Waals surface area contributed by atoms with Gasteiger partial charge in [0.25, 0.3) is 5.56 Å². The molecule has 0 aromatic carbocycles. The number of fused-ring (bicyclic) bond motifs is 3. The summed E-state index contributed by atoms with van der Waals surface area (Å²) in [6, 6.07) is 0. The Labute approximate surface area is 142 Å². The molecule has 1 aliphatic rings. The van der Waals surface area contributed by atoms with Crippen LogP contribution in [-0.4, -0.2) is 27.8 Å². The Morgan fingerprint density at radius 2 is 2.17 bits per heavy atom. The molecule has 0 bridgehead atoms. The van der Waals surface area contributed by atoms with Crippen molar-refractivity contribution in [2.75, 3.05) is 6.61 Å². The summed E-state index contributed by atoms with van der Waals surface area (Å²) in [5, 5.41) is 0.907. The second-order valence-corrected chi connectivity index (χ2v) is 7.80. The number of esters is 1. The highest BCUT2D eigenvalue weighted by atomic mass is 32.2. The standard InChI is InChI=1S/C16H20N2O3S2/c1-3-10(15(20)21-4-2)23-16-17-13(19)12-9-7-5-6-8-11(9)22-14(12)18-16/h10H,3-8H2,1-2H3,(H,17,18,19)/t10-/m1/s1. The lowest BCUT2D eigenvalue weighted by atomic mass is 9.97. The van der Waals surface area contributed by atoms with Crippen LogP contribution in [0.4, 0.5) is 0 Å². The van der Waals surface area contributed by atoms with Crippen LogP contribution in [0.5, 0.6) is 0 Å². The van der Waals surface area contributed by atoms with Gasteiger partial charge in [-0.15, -0.1) is 11.3 Å². The Kier molecular flexibility index (Phi) is 5.06. The van der Waals surface area contributed by atoms with Crippen molar-refractivity contribution in [2.45, 2.75) is 56.4 Å². The van der Waals surface area contributed by atoms with E-state index in [0.717, 1.165) is 29.5 Å². The van der Waals surface area contributed by atoms with Gasteiger partial charge in [-0.2, -0.15) is 0 Å². The summed E-state index contributed by atoms with van der Waals surface area (Å²) >= 11 is 2.90. The molecule has 0 radical (unpaired) electrons. The van der Waals surface area contributed by atoms with E-state index < -0.39 is 0 Å². The van der Waals surface area contributed by atoms with E-state index in [0.29, 0.717) is 18.2 Å². The lowest BCUT2D eigenvalue weighted by molar-refractivity contribution is -0.142. The van der Waals surface area contributed by atoms with Crippen molar-refractivity contribution in [3.05, 3.63) is 20.8 Å². The SMILES string of the molecule is CCOC(=O)[C@@H](CC)Sc1nc2sc3c(c2c(=O)[nH]1)CCCC3. The van der Waals surface area contributed by atoms with Crippen molar-refractivity contribution in [2.24, 2.45) is 0 Å². The third-order valence-electron chi connectivity index (χ3n) is 3.98. The first-order chi connectivity index (χ1) is 11.1. The van der Waals surface area contributed by atoms with E-state index >= 15 is 0 Å². The Morgan fingerprint density at radius 3 is 2.91 bits per heavy atom. The van der Waals surface area contributed by atoms with Gasteiger partial charge in [0.2, 0.25) is 0 Å². The van der Waals surface area contributed by atoms with Gasteiger partial charge in [-0.3, -0.25) is 9.59 Å². The highest BCUT2D eigenvalue weighted by Crippen LogP contribution is 2.34. The molecule has 0 amide bonds. The highest BCUT2D eigenvalue weighted by Gasteiger charge is 2.23. The van der Waals surface area contributed by atoms with Gasteiger partial charge in [-0.1, -0.05) is 18.7 Å². The Bertz CT molecular complexity index is 781. The number of aromatic amines is 1. The maximum absolute atomic E-state index is 12.5. The van der Waals surface area contributed by atoms with Crippen LogP contribution < -0.4 is 5.56 Å². The minimum Gasteiger partial charge on any atom is -0.465 e. The number of carbonyl (C=O) groups is 1. The number of ether oxygens (including phenoxy) is 1. The van der Waals surface area contributed by atoms with Crippen LogP contribution in [0.25, 0.3) is 10.2 Å². The van der Waals surface area contributed by atoms with Crippen molar-refractivity contribution >= 4 is 39.3 Å². The number of aryl methyl sites for hydroxylation is 2. The molecule has 124 valence electrons. The van der Waals surface area contributed by atoms with E-state index in [9.17, 15) is 9.59 Å². The number of hydrogen-bond acceptors (Lipinski definition) is 6. The lowest BCUT2D eigenvalue weighted by Gasteiger charge is -2.12. The summed E-state index contributed by atoms with van der Waals surface area (Å²) in [6.07, 6.45) is 4.95. The van der Waals surface area contributed by atoms with Crippen LogP contribution in [0.2, 0.25) is 0 Å². The molecule has 1 N–H and O–H groups in total. The number of thioether (sulfide) groups is 1. The average Bonchev–Trinajstić information content (AvgIpc) is 2.91. The summed E-state index contributed by atoms with van der Waals surface area (Å²) in [7, 11) is 0. The van der Waals surface area contributed by atoms with E-state index in [-0.39, 0.29) is 16.8 Å². The Morgan fingerprint density at radius 1 is 1.39 bits per heavy atom. The van der Waals surface area contributed by atoms with Gasteiger partial charge in [0, 0.05) is 4.88 Å². The molecular formula is C16H20N2O3S2. The van der Waals surface area contributed by atoms with E-state index in [4.69, 9.17) is 4.74 Å². The number of hydrogen-bond donors (Lipinski definition) is 1. The monoisotopic (exact) mass is 352 g/mol. The molecule has 3 rings (SSSR count). The largest absolute Gasteiger partial charge is 0.465 e. The van der Waals surface area contributed by atoms with Crippen molar-refractivity contribution in [1.82, 2.24) is 9.97 Å². The molecule has 0 fully saturated rings. The number of thiophene rings is 1. The second kappa shape index (κ2) is 7.05. The molecule has 0 unspecified atom stereocenters. The van der Waals surface area contributed by atoms with E-state index in [1.54, 1.807) is 18.3 Å². The van der Waals surface area contributed by atoms with E-state index in [1.165, 1.54) is 28.6 Å². The first-order valence-electron chi connectivity index (χ1n) is 8.01. The predicted octanol–water partition coefficient (Wildman–Crippen LogP) is 3.30. The fourth-order valence-corrected chi connectivity index (χ4v) is 5.08. The van der Waals surface area contributed by atoms with Gasteiger partial charge in [0.05, 0.1) is 12.0 Å². The first kappa shape index (κ1) is 16.5. The van der Waals surface area contributed by atoms with Crippen LogP contribution in [0.15, 0.2) is 9.95 Å². The van der Waals surface area contributed by atoms with E-state index in [2.05, 4.69) is 9.97 Å². The molecule has 0 saturated heterocycles. The zero-order valence-electron chi connectivity index (χ0n) is 13.3. The van der Waals surface area contributed by atoms with Crippen LogP contribution in [-0.2, 0) is 22.4 Å². The third-order valence-corrected chi connectivity index (χ3v) is 6.39. The predicted molar refractivity (Wildman–Crippen MR) is 93.5 cm³/mol. The normalized spacial score (nSPS) is 15.4. The quantitative estimate of drug-likeness (QED) is 0.508. The van der Waals surface area contributed by atoms with Gasteiger partial charge in [-0.25, -0.2) is 4.98 Å². The second-order valence-electron chi connectivity index (χ2n) is 5.53. The Balaban J connectivity index is 1.93. The molecule has 2 aromatic rings. The minimum absolute atomic E-state index is 0.0874. The van der Waals surface area contributed by atoms with Gasteiger partial charge < -0.3 is 9.72 Å². The van der Waals surface area contributed by atoms with Gasteiger partial charge >= 0.3 is 5.97 Å². The number of nitrogens with zero attached hydrogens (tertiary/aromatic N) is 1. The fourth-order valence-electron chi connectivity index (χ4n) is 2.87. The van der Waals surface area contributed by atoms with Gasteiger partial charge in [0.15, 0.2) is 5.16 Å². The summed E-state index contributed by atoms with van der Waals surface area (Å²) in [5.41, 5.74) is 1.09. The summed E-state index contributed by atoms with van der Waals surface area (Å²) in [5.74, 6) is -0.256. The minimum atomic E-state index is -0.342. The van der Waals surface area contributed by atoms with Gasteiger partial charge in [-0.05, 0) is 44.6 Å². The van der Waals surface area contributed by atoms with Crippen molar-refractivity contribution in [3.8, 4) is 0 Å². The molecule has 0 saturated carbocycles. The van der Waals surface area contributed by atoms with Crippen molar-refractivity contribution in [1.29, 1.82) is 0 Å². The smallest absolute Gasteiger partial charge is 0.319 e. The number of rotatable bonds is 5. The summed E-state index contributed by atoms with van der Waals surface area (Å²) < 4.78 is 5.07. The van der Waals surface area contributed by atoms with Crippen molar-refractivity contribution in [3.63, 3.8) is 0 Å². The van der Waals surface area contributed by atoms with Crippen LogP contribution in [0.3, 0.4) is 0 Å². The Hall–Kier alpha value is -1.34. The van der Waals surface area contributed by atoms with Crippen LogP contribution >= 0.6 is 23.1 Å². The maximum atomic E-state index is 12.5. The molecule has 1 atom stereocenters. The molecule has 2 aromatic heterocycles. The zero-order valence-corrected chi connectivity index (χ0v) is 14.9. The van der Waals surface area contributed by atoms with Gasteiger partial charge in [0.1, 0.15) is 10.1 Å². The number of nitrogens with one attached hydrogen (secondary N) is 1.